The lowest BCUT2D eigenvalue weighted by molar-refractivity contribution is 0.0520. The average Bonchev–Trinajstić information content (AvgIpc) is 3.50. The van der Waals surface area contributed by atoms with Gasteiger partial charge in [0.25, 0.3) is 11.5 Å². The van der Waals surface area contributed by atoms with Crippen LogP contribution in [0.4, 0.5) is 5.00 Å². The standard InChI is InChI=1S/C26H21N3O6S/c1-3-33-17-11-9-16(10-12-17)29-25(31)21-18(22(28-29)26(32)34-4-2)14-36-24(21)27-23(30)20-13-15-7-5-6-8-19(15)35-20/h5-14H,3-4H2,1-2H3,(H,27,30). The van der Waals surface area contributed by atoms with Gasteiger partial charge >= 0.3 is 5.97 Å². The van der Waals surface area contributed by atoms with Gasteiger partial charge in [0.15, 0.2) is 11.5 Å². The summed E-state index contributed by atoms with van der Waals surface area (Å²) in [6.45, 7) is 4.20. The number of hydrogen-bond acceptors (Lipinski definition) is 8. The van der Waals surface area contributed by atoms with Crippen molar-refractivity contribution in [1.82, 2.24) is 9.78 Å². The van der Waals surface area contributed by atoms with Crippen LogP contribution in [-0.2, 0) is 4.74 Å². The zero-order valence-electron chi connectivity index (χ0n) is 19.4. The van der Waals surface area contributed by atoms with Gasteiger partial charge in [0, 0.05) is 16.2 Å². The van der Waals surface area contributed by atoms with Crippen LogP contribution in [0.1, 0.15) is 34.9 Å². The Morgan fingerprint density at radius 1 is 1.08 bits per heavy atom. The summed E-state index contributed by atoms with van der Waals surface area (Å²) in [4.78, 5) is 39.3. The second kappa shape index (κ2) is 9.67. The third-order valence-corrected chi connectivity index (χ3v) is 6.29. The Morgan fingerprint density at radius 3 is 2.58 bits per heavy atom. The number of nitrogens with one attached hydrogen (secondary N) is 1. The van der Waals surface area contributed by atoms with E-state index in [0.29, 0.717) is 29.0 Å². The molecule has 2 aromatic carbocycles. The van der Waals surface area contributed by atoms with Crippen LogP contribution in [0.25, 0.3) is 27.4 Å². The number of carbonyl (C=O) groups excluding carboxylic acids is 2. The van der Waals surface area contributed by atoms with E-state index in [4.69, 9.17) is 13.9 Å². The summed E-state index contributed by atoms with van der Waals surface area (Å²) in [6, 6.07) is 15.6. The Labute approximate surface area is 208 Å². The molecule has 0 radical (unpaired) electrons. The number of rotatable bonds is 7. The SMILES string of the molecule is CCOC(=O)c1nn(-c2ccc(OCC)cc2)c(=O)c2c(NC(=O)c3cc4ccccc4o3)scc12. The van der Waals surface area contributed by atoms with E-state index in [-0.39, 0.29) is 28.4 Å². The average molecular weight is 504 g/mol. The van der Waals surface area contributed by atoms with Crippen LogP contribution in [0.2, 0.25) is 0 Å². The summed E-state index contributed by atoms with van der Waals surface area (Å²) < 4.78 is 17.4. The first-order valence-electron chi connectivity index (χ1n) is 11.2. The van der Waals surface area contributed by atoms with E-state index < -0.39 is 17.4 Å². The Morgan fingerprint density at radius 2 is 1.86 bits per heavy atom. The number of furan rings is 1. The maximum absolute atomic E-state index is 13.6. The Kier molecular flexibility index (Phi) is 6.26. The van der Waals surface area contributed by atoms with E-state index >= 15 is 0 Å². The number of ether oxygens (including phenoxy) is 2. The minimum Gasteiger partial charge on any atom is -0.494 e. The predicted octanol–water partition coefficient (Wildman–Crippen LogP) is 5.02. The number of nitrogens with zero attached hydrogens (tertiary/aromatic N) is 2. The van der Waals surface area contributed by atoms with E-state index in [2.05, 4.69) is 10.4 Å². The molecule has 0 bridgehead atoms. The molecule has 1 amide bonds. The van der Waals surface area contributed by atoms with Crippen molar-refractivity contribution in [3.63, 3.8) is 0 Å². The van der Waals surface area contributed by atoms with Gasteiger partial charge in [-0.25, -0.2) is 4.79 Å². The molecular formula is C26H21N3O6S. The van der Waals surface area contributed by atoms with E-state index in [1.807, 2.05) is 25.1 Å². The fourth-order valence-corrected chi connectivity index (χ4v) is 4.71. The second-order valence-corrected chi connectivity index (χ2v) is 8.55. The third-order valence-electron chi connectivity index (χ3n) is 5.39. The first-order valence-corrected chi connectivity index (χ1v) is 12.1. The molecule has 1 N–H and O–H groups in total. The van der Waals surface area contributed by atoms with Crippen molar-refractivity contribution in [2.45, 2.75) is 13.8 Å². The minimum atomic E-state index is -0.671. The topological polar surface area (TPSA) is 113 Å². The zero-order chi connectivity index (χ0) is 25.2. The molecule has 0 spiro atoms. The number of esters is 1. The molecule has 0 saturated carbocycles. The molecule has 0 unspecified atom stereocenters. The Hall–Kier alpha value is -4.44. The van der Waals surface area contributed by atoms with Crippen LogP contribution in [0, 0.1) is 0 Å². The lowest BCUT2D eigenvalue weighted by Gasteiger charge is -2.10. The first kappa shape index (κ1) is 23.3. The third kappa shape index (κ3) is 4.22. The number of carbonyl (C=O) groups is 2. The number of anilines is 1. The monoisotopic (exact) mass is 503 g/mol. The number of fused-ring (bicyclic) bond motifs is 2. The largest absolute Gasteiger partial charge is 0.494 e. The molecule has 3 aromatic heterocycles. The number of para-hydroxylation sites is 1. The number of hydrogen-bond donors (Lipinski definition) is 1. The fraction of sp³-hybridized carbons (Fsp3) is 0.154. The highest BCUT2D eigenvalue weighted by Gasteiger charge is 2.24. The highest BCUT2D eigenvalue weighted by molar-refractivity contribution is 7.16. The Balaban J connectivity index is 1.61. The number of aromatic nitrogens is 2. The number of thiophene rings is 1. The molecule has 10 heteroatoms. The van der Waals surface area contributed by atoms with Crippen molar-refractivity contribution in [2.24, 2.45) is 0 Å². The van der Waals surface area contributed by atoms with E-state index in [0.717, 1.165) is 21.4 Å². The summed E-state index contributed by atoms with van der Waals surface area (Å²) in [5, 5.41) is 10.2. The lowest BCUT2D eigenvalue weighted by Crippen LogP contribution is -2.25. The van der Waals surface area contributed by atoms with Gasteiger partial charge < -0.3 is 19.2 Å². The molecule has 182 valence electrons. The van der Waals surface area contributed by atoms with Gasteiger partial charge in [-0.1, -0.05) is 18.2 Å². The molecule has 0 aliphatic heterocycles. The van der Waals surface area contributed by atoms with Crippen LogP contribution in [0.5, 0.6) is 5.75 Å². The van der Waals surface area contributed by atoms with E-state index in [9.17, 15) is 14.4 Å². The number of amides is 1. The van der Waals surface area contributed by atoms with Crippen molar-refractivity contribution >= 4 is 50.0 Å². The maximum Gasteiger partial charge on any atom is 0.359 e. The van der Waals surface area contributed by atoms with Crippen LogP contribution >= 0.6 is 11.3 Å². The lowest BCUT2D eigenvalue weighted by atomic mass is 10.2. The zero-order valence-corrected chi connectivity index (χ0v) is 20.3. The fourth-order valence-electron chi connectivity index (χ4n) is 3.78. The van der Waals surface area contributed by atoms with Crippen LogP contribution < -0.4 is 15.6 Å². The summed E-state index contributed by atoms with van der Waals surface area (Å²) in [5.74, 6) is -0.453. The summed E-state index contributed by atoms with van der Waals surface area (Å²) in [7, 11) is 0. The molecule has 5 rings (SSSR count). The van der Waals surface area contributed by atoms with Gasteiger partial charge in [-0.3, -0.25) is 9.59 Å². The molecule has 0 aliphatic rings. The summed E-state index contributed by atoms with van der Waals surface area (Å²) in [6.07, 6.45) is 0. The minimum absolute atomic E-state index is 0.0270. The predicted molar refractivity (Wildman–Crippen MR) is 137 cm³/mol. The Bertz CT molecular complexity index is 1620. The molecule has 0 aliphatic carbocycles. The number of benzene rings is 2. The van der Waals surface area contributed by atoms with Crippen molar-refractivity contribution in [3.8, 4) is 11.4 Å². The van der Waals surface area contributed by atoms with Crippen molar-refractivity contribution < 1.29 is 23.5 Å². The summed E-state index contributed by atoms with van der Waals surface area (Å²) >= 11 is 1.11. The quantitative estimate of drug-likeness (QED) is 0.310. The van der Waals surface area contributed by atoms with Gasteiger partial charge in [0.1, 0.15) is 16.3 Å². The molecule has 0 saturated heterocycles. The van der Waals surface area contributed by atoms with Crippen LogP contribution in [0.15, 0.2) is 69.2 Å². The molecule has 3 heterocycles. The van der Waals surface area contributed by atoms with E-state index in [1.54, 1.807) is 48.7 Å². The molecule has 0 fully saturated rings. The molecule has 36 heavy (non-hydrogen) atoms. The van der Waals surface area contributed by atoms with Gasteiger partial charge in [-0.15, -0.1) is 11.3 Å². The van der Waals surface area contributed by atoms with E-state index in [1.165, 1.54) is 0 Å². The van der Waals surface area contributed by atoms with Gasteiger partial charge in [-0.2, -0.15) is 9.78 Å². The van der Waals surface area contributed by atoms with Crippen molar-refractivity contribution in [2.75, 3.05) is 18.5 Å². The maximum atomic E-state index is 13.6. The van der Waals surface area contributed by atoms with Crippen molar-refractivity contribution in [1.29, 1.82) is 0 Å². The van der Waals surface area contributed by atoms with Gasteiger partial charge in [-0.05, 0) is 50.2 Å². The van der Waals surface area contributed by atoms with Crippen LogP contribution in [-0.4, -0.2) is 34.9 Å². The highest BCUT2D eigenvalue weighted by atomic mass is 32.1. The smallest absolute Gasteiger partial charge is 0.359 e. The molecule has 0 atom stereocenters. The second-order valence-electron chi connectivity index (χ2n) is 7.67. The molecular weight excluding hydrogens is 482 g/mol. The first-order chi connectivity index (χ1) is 17.5. The normalized spacial score (nSPS) is 11.1. The highest BCUT2D eigenvalue weighted by Crippen LogP contribution is 2.31. The van der Waals surface area contributed by atoms with Gasteiger partial charge in [0.05, 0.1) is 24.3 Å². The molecule has 5 aromatic rings. The van der Waals surface area contributed by atoms with Crippen molar-refractivity contribution in [3.05, 3.63) is 81.8 Å². The van der Waals surface area contributed by atoms with Crippen LogP contribution in [0.3, 0.4) is 0 Å². The molecule has 9 nitrogen and oxygen atoms in total. The van der Waals surface area contributed by atoms with Gasteiger partial charge in [0.2, 0.25) is 0 Å². The summed E-state index contributed by atoms with van der Waals surface area (Å²) in [5.41, 5.74) is 0.478.